The van der Waals surface area contributed by atoms with Gasteiger partial charge in [-0.2, -0.15) is 4.31 Å². The monoisotopic (exact) mass is 488 g/mol. The molecular formula is C24H28N2O7S. The van der Waals surface area contributed by atoms with Crippen molar-refractivity contribution >= 4 is 22.0 Å². The Bertz CT molecular complexity index is 1200. The van der Waals surface area contributed by atoms with Gasteiger partial charge in [0.05, 0.1) is 31.3 Å². The van der Waals surface area contributed by atoms with E-state index in [0.29, 0.717) is 35.2 Å². The first-order valence-electron chi connectivity index (χ1n) is 11.0. The fourth-order valence-corrected chi connectivity index (χ4v) is 5.43. The van der Waals surface area contributed by atoms with Gasteiger partial charge in [0.25, 0.3) is 5.91 Å². The smallest absolute Gasteiger partial charge is 0.253 e. The number of fused-ring (bicyclic) bond motifs is 1. The van der Waals surface area contributed by atoms with Crippen LogP contribution in [0, 0.1) is 0 Å². The Morgan fingerprint density at radius 1 is 1.00 bits per heavy atom. The zero-order valence-corrected chi connectivity index (χ0v) is 20.3. The molecule has 0 aromatic heterocycles. The number of carbonyl (C=O) groups excluding carboxylic acids is 1. The van der Waals surface area contributed by atoms with E-state index in [0.717, 1.165) is 5.56 Å². The van der Waals surface area contributed by atoms with Gasteiger partial charge in [-0.3, -0.25) is 4.79 Å². The van der Waals surface area contributed by atoms with Crippen molar-refractivity contribution in [1.82, 2.24) is 9.21 Å². The van der Waals surface area contributed by atoms with Crippen molar-refractivity contribution < 1.29 is 32.2 Å². The molecule has 0 atom stereocenters. The van der Waals surface area contributed by atoms with E-state index in [-0.39, 0.29) is 43.6 Å². The van der Waals surface area contributed by atoms with Crippen LogP contribution in [0.3, 0.4) is 0 Å². The van der Waals surface area contributed by atoms with Gasteiger partial charge in [0.15, 0.2) is 11.5 Å². The molecule has 0 radical (unpaired) electrons. The summed E-state index contributed by atoms with van der Waals surface area (Å²) in [6.45, 7) is 3.59. The normalized spacial score (nSPS) is 16.2. The summed E-state index contributed by atoms with van der Waals surface area (Å²) in [4.78, 5) is 14.9. The van der Waals surface area contributed by atoms with Crippen molar-refractivity contribution in [3.05, 3.63) is 47.5 Å². The number of nitrogens with zero attached hydrogens (tertiary/aromatic N) is 2. The van der Waals surface area contributed by atoms with Gasteiger partial charge in [0.1, 0.15) is 18.1 Å². The zero-order valence-electron chi connectivity index (χ0n) is 19.4. The van der Waals surface area contributed by atoms with E-state index in [2.05, 4.69) is 0 Å². The van der Waals surface area contributed by atoms with Crippen molar-refractivity contribution in [3.8, 4) is 23.0 Å². The average molecular weight is 489 g/mol. The number of hydrogen-bond acceptors (Lipinski definition) is 7. The summed E-state index contributed by atoms with van der Waals surface area (Å²) in [5.41, 5.74) is 1.31. The van der Waals surface area contributed by atoms with Gasteiger partial charge in [-0.15, -0.1) is 0 Å². The van der Waals surface area contributed by atoms with Crippen LogP contribution >= 0.6 is 0 Å². The molecule has 1 fully saturated rings. The van der Waals surface area contributed by atoms with E-state index < -0.39 is 10.0 Å². The highest BCUT2D eigenvalue weighted by Gasteiger charge is 2.32. The molecule has 1 amide bonds. The summed E-state index contributed by atoms with van der Waals surface area (Å²) < 4.78 is 49.4. The number of ether oxygens (including phenoxy) is 4. The second-order valence-electron chi connectivity index (χ2n) is 7.80. The first-order chi connectivity index (χ1) is 16.4. The summed E-state index contributed by atoms with van der Waals surface area (Å²) in [5.74, 6) is 2.05. The predicted molar refractivity (Wildman–Crippen MR) is 126 cm³/mol. The SMILES string of the molecule is CCOc1ccc2c(c1)C=C(C(=O)N1CCN(S(=O)(=O)c3ccc(OC)c(OC)c3)CC1)CO2. The molecule has 0 aliphatic carbocycles. The lowest BCUT2D eigenvalue weighted by Gasteiger charge is -2.35. The highest BCUT2D eigenvalue weighted by molar-refractivity contribution is 7.89. The maximum Gasteiger partial charge on any atom is 0.253 e. The molecular weight excluding hydrogens is 460 g/mol. The molecule has 2 aliphatic heterocycles. The summed E-state index contributed by atoms with van der Waals surface area (Å²) in [6, 6.07) is 10.0. The van der Waals surface area contributed by atoms with Crippen molar-refractivity contribution in [1.29, 1.82) is 0 Å². The summed E-state index contributed by atoms with van der Waals surface area (Å²) in [7, 11) is -0.789. The van der Waals surface area contributed by atoms with Crippen LogP contribution in [-0.4, -0.2) is 77.1 Å². The standard InChI is InChI=1S/C24H28N2O7S/c1-4-32-19-5-7-21-17(14-19)13-18(16-33-21)24(27)25-9-11-26(12-10-25)34(28,29)20-6-8-22(30-2)23(15-20)31-3/h5-8,13-15H,4,9-12,16H2,1-3H3. The molecule has 2 aliphatic rings. The molecule has 0 unspecified atom stereocenters. The van der Waals surface area contributed by atoms with Crippen LogP contribution in [-0.2, 0) is 14.8 Å². The number of hydrogen-bond donors (Lipinski definition) is 0. The minimum Gasteiger partial charge on any atom is -0.494 e. The molecule has 2 aromatic rings. The fraction of sp³-hybridized carbons (Fsp3) is 0.375. The van der Waals surface area contributed by atoms with Crippen LogP contribution in [0.25, 0.3) is 6.08 Å². The number of methoxy groups -OCH3 is 2. The lowest BCUT2D eigenvalue weighted by atomic mass is 10.1. The van der Waals surface area contributed by atoms with E-state index >= 15 is 0 Å². The molecule has 0 N–H and O–H groups in total. The van der Waals surface area contributed by atoms with Crippen LogP contribution in [0.1, 0.15) is 12.5 Å². The molecule has 2 heterocycles. The maximum atomic E-state index is 13.1. The molecule has 0 bridgehead atoms. The van der Waals surface area contributed by atoms with E-state index in [4.69, 9.17) is 18.9 Å². The predicted octanol–water partition coefficient (Wildman–Crippen LogP) is 2.41. The Balaban J connectivity index is 1.44. The van der Waals surface area contributed by atoms with Gasteiger partial charge in [-0.25, -0.2) is 8.42 Å². The number of carbonyl (C=O) groups is 1. The number of sulfonamides is 1. The third-order valence-corrected chi connectivity index (χ3v) is 7.69. The molecule has 0 saturated carbocycles. The molecule has 10 heteroatoms. The van der Waals surface area contributed by atoms with Gasteiger partial charge in [0.2, 0.25) is 10.0 Å². The third-order valence-electron chi connectivity index (χ3n) is 5.80. The summed E-state index contributed by atoms with van der Waals surface area (Å²) >= 11 is 0. The van der Waals surface area contributed by atoms with Gasteiger partial charge in [-0.05, 0) is 43.3 Å². The molecule has 4 rings (SSSR count). The van der Waals surface area contributed by atoms with Crippen LogP contribution in [0.4, 0.5) is 0 Å². The minimum atomic E-state index is -3.74. The highest BCUT2D eigenvalue weighted by atomic mass is 32.2. The van der Waals surface area contributed by atoms with Crippen LogP contribution < -0.4 is 18.9 Å². The Labute approximate surface area is 199 Å². The first kappa shape index (κ1) is 23.9. The molecule has 9 nitrogen and oxygen atoms in total. The van der Waals surface area contributed by atoms with Crippen LogP contribution in [0.2, 0.25) is 0 Å². The minimum absolute atomic E-state index is 0.120. The Morgan fingerprint density at radius 3 is 2.41 bits per heavy atom. The Hall–Kier alpha value is -3.24. The quantitative estimate of drug-likeness (QED) is 0.591. The number of amides is 1. The lowest BCUT2D eigenvalue weighted by Crippen LogP contribution is -2.51. The molecule has 34 heavy (non-hydrogen) atoms. The molecule has 1 saturated heterocycles. The van der Waals surface area contributed by atoms with Gasteiger partial charge in [0, 0.05) is 37.8 Å². The van der Waals surface area contributed by atoms with Crippen LogP contribution in [0.5, 0.6) is 23.0 Å². The Kier molecular flexibility index (Phi) is 6.99. The van der Waals surface area contributed by atoms with E-state index in [1.807, 2.05) is 31.2 Å². The summed E-state index contributed by atoms with van der Waals surface area (Å²) in [6.07, 6.45) is 1.82. The van der Waals surface area contributed by atoms with Crippen molar-refractivity contribution in [3.63, 3.8) is 0 Å². The fourth-order valence-electron chi connectivity index (χ4n) is 4.00. The number of benzene rings is 2. The van der Waals surface area contributed by atoms with Gasteiger partial charge >= 0.3 is 0 Å². The number of piperazine rings is 1. The molecule has 0 spiro atoms. The largest absolute Gasteiger partial charge is 0.494 e. The second kappa shape index (κ2) is 9.94. The molecule has 182 valence electrons. The van der Waals surface area contributed by atoms with Crippen molar-refractivity contribution in [2.24, 2.45) is 0 Å². The highest BCUT2D eigenvalue weighted by Crippen LogP contribution is 2.32. The lowest BCUT2D eigenvalue weighted by molar-refractivity contribution is -0.128. The van der Waals surface area contributed by atoms with Crippen molar-refractivity contribution in [2.45, 2.75) is 11.8 Å². The third kappa shape index (κ3) is 4.69. The van der Waals surface area contributed by atoms with E-state index in [1.165, 1.54) is 30.7 Å². The van der Waals surface area contributed by atoms with Crippen LogP contribution in [0.15, 0.2) is 46.9 Å². The summed E-state index contributed by atoms with van der Waals surface area (Å²) in [5, 5.41) is 0. The van der Waals surface area contributed by atoms with E-state index in [1.54, 1.807) is 11.0 Å². The van der Waals surface area contributed by atoms with Gasteiger partial charge < -0.3 is 23.8 Å². The second-order valence-corrected chi connectivity index (χ2v) is 9.74. The Morgan fingerprint density at radius 2 is 1.74 bits per heavy atom. The number of rotatable bonds is 7. The average Bonchev–Trinajstić information content (AvgIpc) is 2.87. The van der Waals surface area contributed by atoms with Gasteiger partial charge in [-0.1, -0.05) is 0 Å². The van der Waals surface area contributed by atoms with Crippen molar-refractivity contribution in [2.75, 3.05) is 53.6 Å². The van der Waals surface area contributed by atoms with E-state index in [9.17, 15) is 13.2 Å². The zero-order chi connectivity index (χ0) is 24.3. The maximum absolute atomic E-state index is 13.1. The topological polar surface area (TPSA) is 94.6 Å². The molecule has 2 aromatic carbocycles. The first-order valence-corrected chi connectivity index (χ1v) is 12.4.